The fourth-order valence-corrected chi connectivity index (χ4v) is 6.40. The Kier molecular flexibility index (Phi) is 7.39. The SMILES string of the molecule is C[C@@H]1CCCN(c2ccc([C@@H](C)NC(=O)C3CCN(S(=O)(=O)c4ccccc4)CC3)cc2)C1. The molecule has 2 aliphatic rings. The van der Waals surface area contributed by atoms with Gasteiger partial charge in [0.1, 0.15) is 0 Å². The third-order valence-corrected chi connectivity index (χ3v) is 8.89. The van der Waals surface area contributed by atoms with Crippen LogP contribution in [0.2, 0.25) is 0 Å². The maximum atomic E-state index is 12.9. The molecule has 0 radical (unpaired) electrons. The van der Waals surface area contributed by atoms with E-state index in [-0.39, 0.29) is 17.9 Å². The highest BCUT2D eigenvalue weighted by Crippen LogP contribution is 2.27. The van der Waals surface area contributed by atoms with Gasteiger partial charge >= 0.3 is 0 Å². The highest BCUT2D eigenvalue weighted by Gasteiger charge is 2.32. The Hall–Kier alpha value is -2.38. The molecule has 2 aliphatic heterocycles. The molecule has 2 aromatic rings. The maximum absolute atomic E-state index is 12.9. The second kappa shape index (κ2) is 10.3. The van der Waals surface area contributed by atoms with Crippen LogP contribution in [0.5, 0.6) is 0 Å². The molecule has 2 fully saturated rings. The van der Waals surface area contributed by atoms with Gasteiger partial charge in [0.25, 0.3) is 0 Å². The Labute approximate surface area is 198 Å². The Balaban J connectivity index is 1.30. The van der Waals surface area contributed by atoms with Crippen LogP contribution in [0.3, 0.4) is 0 Å². The number of carbonyl (C=O) groups is 1. The molecule has 33 heavy (non-hydrogen) atoms. The number of sulfonamides is 1. The van der Waals surface area contributed by atoms with Gasteiger partial charge in [-0.1, -0.05) is 37.3 Å². The molecule has 0 spiro atoms. The molecule has 1 N–H and O–H groups in total. The Morgan fingerprint density at radius 2 is 1.64 bits per heavy atom. The zero-order valence-corrected chi connectivity index (χ0v) is 20.4. The van der Waals surface area contributed by atoms with Gasteiger partial charge in [0, 0.05) is 37.8 Å². The number of hydrogen-bond acceptors (Lipinski definition) is 4. The molecule has 0 aliphatic carbocycles. The van der Waals surface area contributed by atoms with E-state index in [9.17, 15) is 13.2 Å². The van der Waals surface area contributed by atoms with Gasteiger partial charge in [-0.05, 0) is 68.4 Å². The average molecular weight is 470 g/mol. The van der Waals surface area contributed by atoms with Crippen molar-refractivity contribution in [2.75, 3.05) is 31.1 Å². The van der Waals surface area contributed by atoms with Gasteiger partial charge in [0.05, 0.1) is 10.9 Å². The standard InChI is InChI=1S/C26H35N3O3S/c1-20-7-6-16-28(19-20)24-12-10-22(11-13-24)21(2)27-26(30)23-14-17-29(18-15-23)33(31,32)25-8-4-3-5-9-25/h3-5,8-13,20-21,23H,6-7,14-19H2,1-2H3,(H,27,30)/t20-,21-/m1/s1. The number of benzene rings is 2. The van der Waals surface area contributed by atoms with E-state index >= 15 is 0 Å². The fourth-order valence-electron chi connectivity index (χ4n) is 4.91. The number of nitrogens with one attached hydrogen (secondary N) is 1. The van der Waals surface area contributed by atoms with Gasteiger partial charge in [0.15, 0.2) is 0 Å². The molecule has 2 atom stereocenters. The summed E-state index contributed by atoms with van der Waals surface area (Å²) in [6.07, 6.45) is 3.61. The lowest BCUT2D eigenvalue weighted by Crippen LogP contribution is -2.43. The summed E-state index contributed by atoms with van der Waals surface area (Å²) in [7, 11) is -3.50. The lowest BCUT2D eigenvalue weighted by atomic mass is 9.96. The number of carbonyl (C=O) groups excluding carboxylic acids is 1. The van der Waals surface area contributed by atoms with Crippen molar-refractivity contribution in [3.63, 3.8) is 0 Å². The van der Waals surface area contributed by atoms with Crippen molar-refractivity contribution in [3.8, 4) is 0 Å². The van der Waals surface area contributed by atoms with Gasteiger partial charge in [-0.15, -0.1) is 0 Å². The third-order valence-electron chi connectivity index (χ3n) is 6.98. The first-order chi connectivity index (χ1) is 15.8. The molecule has 7 heteroatoms. The minimum absolute atomic E-state index is 0.00758. The number of rotatable bonds is 6. The van der Waals surface area contributed by atoms with E-state index in [2.05, 4.69) is 41.4 Å². The number of anilines is 1. The van der Waals surface area contributed by atoms with E-state index in [1.165, 1.54) is 22.8 Å². The van der Waals surface area contributed by atoms with Gasteiger partial charge in [0.2, 0.25) is 15.9 Å². The van der Waals surface area contributed by atoms with Crippen LogP contribution in [0.25, 0.3) is 0 Å². The van der Waals surface area contributed by atoms with Crippen molar-refractivity contribution in [1.82, 2.24) is 9.62 Å². The maximum Gasteiger partial charge on any atom is 0.243 e. The van der Waals surface area contributed by atoms with Crippen LogP contribution in [-0.2, 0) is 14.8 Å². The van der Waals surface area contributed by atoms with Crippen LogP contribution < -0.4 is 10.2 Å². The van der Waals surface area contributed by atoms with E-state index in [4.69, 9.17) is 0 Å². The molecular weight excluding hydrogens is 434 g/mol. The minimum atomic E-state index is -3.50. The first-order valence-electron chi connectivity index (χ1n) is 12.0. The van der Waals surface area contributed by atoms with Crippen LogP contribution in [0.4, 0.5) is 5.69 Å². The van der Waals surface area contributed by atoms with E-state index in [1.54, 1.807) is 30.3 Å². The van der Waals surface area contributed by atoms with Crippen molar-refractivity contribution in [1.29, 1.82) is 0 Å². The van der Waals surface area contributed by atoms with Gasteiger partial charge < -0.3 is 10.2 Å². The number of hydrogen-bond donors (Lipinski definition) is 1. The molecule has 0 saturated carbocycles. The van der Waals surface area contributed by atoms with E-state index in [0.29, 0.717) is 30.8 Å². The molecule has 0 aromatic heterocycles. The largest absolute Gasteiger partial charge is 0.371 e. The Bertz CT molecular complexity index is 1030. The summed E-state index contributed by atoms with van der Waals surface area (Å²) in [4.78, 5) is 15.6. The zero-order chi connectivity index (χ0) is 23.4. The summed E-state index contributed by atoms with van der Waals surface area (Å²) < 4.78 is 27.1. The van der Waals surface area contributed by atoms with Crippen LogP contribution >= 0.6 is 0 Å². The molecule has 6 nitrogen and oxygen atoms in total. The smallest absolute Gasteiger partial charge is 0.243 e. The van der Waals surface area contributed by atoms with Crippen molar-refractivity contribution in [3.05, 3.63) is 60.2 Å². The minimum Gasteiger partial charge on any atom is -0.371 e. The quantitative estimate of drug-likeness (QED) is 0.688. The van der Waals surface area contributed by atoms with Crippen molar-refractivity contribution in [2.45, 2.75) is 50.5 Å². The second-order valence-electron chi connectivity index (χ2n) is 9.51. The first-order valence-corrected chi connectivity index (χ1v) is 13.5. The zero-order valence-electron chi connectivity index (χ0n) is 19.6. The fraction of sp³-hybridized carbons (Fsp3) is 0.500. The predicted octanol–water partition coefficient (Wildman–Crippen LogP) is 4.20. The molecule has 2 saturated heterocycles. The summed E-state index contributed by atoms with van der Waals surface area (Å²) >= 11 is 0. The molecule has 2 heterocycles. The van der Waals surface area contributed by atoms with E-state index in [1.807, 2.05) is 6.92 Å². The molecule has 178 valence electrons. The summed E-state index contributed by atoms with van der Waals surface area (Å²) in [6, 6.07) is 16.9. The first kappa shape index (κ1) is 23.8. The van der Waals surface area contributed by atoms with Crippen LogP contribution in [-0.4, -0.2) is 44.8 Å². The molecular formula is C26H35N3O3S. The summed E-state index contributed by atoms with van der Waals surface area (Å²) in [5.74, 6) is 0.572. The lowest BCUT2D eigenvalue weighted by Gasteiger charge is -2.33. The van der Waals surface area contributed by atoms with Gasteiger partial charge in [-0.3, -0.25) is 4.79 Å². The summed E-state index contributed by atoms with van der Waals surface area (Å²) in [6.45, 7) is 7.25. The molecule has 0 bridgehead atoms. The van der Waals surface area contributed by atoms with Crippen LogP contribution in [0.1, 0.15) is 51.1 Å². The van der Waals surface area contributed by atoms with Crippen molar-refractivity contribution in [2.24, 2.45) is 11.8 Å². The monoisotopic (exact) mass is 469 g/mol. The molecule has 1 amide bonds. The highest BCUT2D eigenvalue weighted by atomic mass is 32.2. The van der Waals surface area contributed by atoms with Crippen molar-refractivity contribution < 1.29 is 13.2 Å². The predicted molar refractivity (Wildman–Crippen MR) is 132 cm³/mol. The molecule has 4 rings (SSSR count). The topological polar surface area (TPSA) is 69.7 Å². The normalized spacial score (nSPS) is 21.5. The van der Waals surface area contributed by atoms with Gasteiger partial charge in [-0.2, -0.15) is 4.31 Å². The Morgan fingerprint density at radius 1 is 0.970 bits per heavy atom. The average Bonchev–Trinajstić information content (AvgIpc) is 2.84. The number of amides is 1. The molecule has 2 aromatic carbocycles. The number of nitrogens with zero attached hydrogens (tertiary/aromatic N) is 2. The lowest BCUT2D eigenvalue weighted by molar-refractivity contribution is -0.126. The molecule has 0 unspecified atom stereocenters. The Morgan fingerprint density at radius 3 is 2.27 bits per heavy atom. The van der Waals surface area contributed by atoms with Crippen molar-refractivity contribution >= 4 is 21.6 Å². The number of piperidine rings is 2. The third kappa shape index (κ3) is 5.58. The van der Waals surface area contributed by atoms with Gasteiger partial charge in [-0.25, -0.2) is 8.42 Å². The van der Waals surface area contributed by atoms with E-state index < -0.39 is 10.0 Å². The van der Waals surface area contributed by atoms with Crippen LogP contribution in [0, 0.1) is 11.8 Å². The van der Waals surface area contributed by atoms with E-state index in [0.717, 1.165) is 24.6 Å². The second-order valence-corrected chi connectivity index (χ2v) is 11.4. The van der Waals surface area contributed by atoms with Crippen LogP contribution in [0.15, 0.2) is 59.5 Å². The summed E-state index contributed by atoms with van der Waals surface area (Å²) in [5, 5.41) is 3.14. The highest BCUT2D eigenvalue weighted by molar-refractivity contribution is 7.89. The summed E-state index contributed by atoms with van der Waals surface area (Å²) in [5.41, 5.74) is 2.33.